The average Bonchev–Trinajstić information content (AvgIpc) is 2.79. The topological polar surface area (TPSA) is 66.9 Å². The predicted octanol–water partition coefficient (Wildman–Crippen LogP) is 3.57. The van der Waals surface area contributed by atoms with E-state index in [1.54, 1.807) is 19.1 Å². The number of carbonyl (C=O) groups excluding carboxylic acids is 1. The molecule has 106 valence electrons. The summed E-state index contributed by atoms with van der Waals surface area (Å²) in [6, 6.07) is 5.56. The minimum atomic E-state index is -0.287. The monoisotopic (exact) mass is 310 g/mol. The minimum absolute atomic E-state index is 0.246. The second-order valence-electron chi connectivity index (χ2n) is 4.57. The molecule has 0 aliphatic heterocycles. The average molecular weight is 311 g/mol. The van der Waals surface area contributed by atoms with Gasteiger partial charge < -0.3 is 10.6 Å². The van der Waals surface area contributed by atoms with Gasteiger partial charge in [-0.3, -0.25) is 4.79 Å². The highest BCUT2D eigenvalue weighted by Gasteiger charge is 2.14. The van der Waals surface area contributed by atoms with Gasteiger partial charge in [0.05, 0.1) is 11.4 Å². The number of nitrogens with one attached hydrogen (secondary N) is 2. The number of aryl methyl sites for hydroxylation is 1. The lowest BCUT2D eigenvalue weighted by molar-refractivity contribution is 0.102. The highest BCUT2D eigenvalue weighted by Crippen LogP contribution is 2.27. The van der Waals surface area contributed by atoms with Crippen molar-refractivity contribution in [1.29, 1.82) is 0 Å². The van der Waals surface area contributed by atoms with Crippen molar-refractivity contribution in [1.82, 2.24) is 10.2 Å². The molecule has 2 aromatic rings. The van der Waals surface area contributed by atoms with Crippen molar-refractivity contribution in [2.45, 2.75) is 26.8 Å². The smallest absolute Gasteiger partial charge is 0.286 e. The summed E-state index contributed by atoms with van der Waals surface area (Å²) in [7, 11) is 0. The lowest BCUT2D eigenvalue weighted by Gasteiger charge is -2.15. The molecule has 1 aromatic heterocycles. The molecule has 2 N–H and O–H groups in total. The van der Waals surface area contributed by atoms with Crippen molar-refractivity contribution in [3.05, 3.63) is 33.2 Å². The fourth-order valence-corrected chi connectivity index (χ4v) is 2.38. The number of nitrogens with zero attached hydrogens (tertiary/aromatic N) is 2. The summed E-state index contributed by atoms with van der Waals surface area (Å²) in [6.07, 6.45) is 0. The quantitative estimate of drug-likeness (QED) is 0.906. The van der Waals surface area contributed by atoms with Crippen LogP contribution in [0.15, 0.2) is 18.2 Å². The zero-order valence-electron chi connectivity index (χ0n) is 11.4. The van der Waals surface area contributed by atoms with Gasteiger partial charge in [-0.25, -0.2) is 0 Å². The number of hydrogen-bond donors (Lipinski definition) is 2. The second-order valence-corrected chi connectivity index (χ2v) is 6.19. The molecule has 0 radical (unpaired) electrons. The van der Waals surface area contributed by atoms with Crippen LogP contribution in [0.3, 0.4) is 0 Å². The molecule has 1 aromatic carbocycles. The van der Waals surface area contributed by atoms with E-state index < -0.39 is 0 Å². The Morgan fingerprint density at radius 3 is 2.65 bits per heavy atom. The molecule has 0 unspecified atom stereocenters. The highest BCUT2D eigenvalue weighted by molar-refractivity contribution is 7.13. The van der Waals surface area contributed by atoms with Crippen molar-refractivity contribution in [2.24, 2.45) is 0 Å². The predicted molar refractivity (Wildman–Crippen MR) is 82.8 cm³/mol. The Labute approximate surface area is 126 Å². The fraction of sp³-hybridized carbons (Fsp3) is 0.308. The van der Waals surface area contributed by atoms with Crippen molar-refractivity contribution in [2.75, 3.05) is 10.6 Å². The molecular formula is C13H15ClN4OS. The number of benzene rings is 1. The van der Waals surface area contributed by atoms with Crippen LogP contribution in [0.4, 0.5) is 11.4 Å². The van der Waals surface area contributed by atoms with Gasteiger partial charge in [0.15, 0.2) is 0 Å². The maximum Gasteiger partial charge on any atom is 0.286 e. The van der Waals surface area contributed by atoms with Crippen LogP contribution in [-0.2, 0) is 0 Å². The Kier molecular flexibility index (Phi) is 4.57. The molecule has 0 saturated heterocycles. The summed E-state index contributed by atoms with van der Waals surface area (Å²) >= 11 is 7.23. The zero-order chi connectivity index (χ0) is 14.7. The molecule has 0 fully saturated rings. The van der Waals surface area contributed by atoms with E-state index in [0.29, 0.717) is 15.7 Å². The maximum absolute atomic E-state index is 12.1. The van der Waals surface area contributed by atoms with E-state index in [-0.39, 0.29) is 11.9 Å². The van der Waals surface area contributed by atoms with E-state index in [9.17, 15) is 4.79 Å². The van der Waals surface area contributed by atoms with Crippen LogP contribution in [0, 0.1) is 6.92 Å². The molecule has 0 aliphatic rings. The van der Waals surface area contributed by atoms with Gasteiger partial charge in [-0.2, -0.15) is 0 Å². The SMILES string of the molecule is Cc1nnc(C(=O)Nc2cc(Cl)ccc2NC(C)C)s1. The molecule has 0 aliphatic carbocycles. The van der Waals surface area contributed by atoms with Crippen molar-refractivity contribution >= 4 is 40.2 Å². The van der Waals surface area contributed by atoms with Crippen molar-refractivity contribution in [3.63, 3.8) is 0 Å². The molecule has 2 rings (SSSR count). The summed E-state index contributed by atoms with van der Waals surface area (Å²) < 4.78 is 0. The summed E-state index contributed by atoms with van der Waals surface area (Å²) in [5, 5.41) is 15.4. The van der Waals surface area contributed by atoms with Gasteiger partial charge in [0, 0.05) is 11.1 Å². The molecule has 1 heterocycles. The number of anilines is 2. The summed E-state index contributed by atoms with van der Waals surface area (Å²) in [6.45, 7) is 5.85. The van der Waals surface area contributed by atoms with Crippen molar-refractivity contribution < 1.29 is 4.79 Å². The molecule has 20 heavy (non-hydrogen) atoms. The van der Waals surface area contributed by atoms with Crippen LogP contribution in [0.2, 0.25) is 5.02 Å². The Morgan fingerprint density at radius 1 is 1.30 bits per heavy atom. The minimum Gasteiger partial charge on any atom is -0.381 e. The fourth-order valence-electron chi connectivity index (χ4n) is 1.62. The standard InChI is InChI=1S/C13H15ClN4OS/c1-7(2)15-10-5-4-9(14)6-11(10)16-12(19)13-18-17-8(3)20-13/h4-7,15H,1-3H3,(H,16,19). The van der Waals surface area contributed by atoms with Gasteiger partial charge in [-0.05, 0) is 39.0 Å². The largest absolute Gasteiger partial charge is 0.381 e. The number of halogens is 1. The molecule has 0 bridgehead atoms. The maximum atomic E-state index is 12.1. The van der Waals surface area contributed by atoms with Crippen LogP contribution < -0.4 is 10.6 Å². The zero-order valence-corrected chi connectivity index (χ0v) is 13.0. The van der Waals surface area contributed by atoms with Crippen LogP contribution in [-0.4, -0.2) is 22.1 Å². The van der Waals surface area contributed by atoms with Crippen LogP contribution in [0.25, 0.3) is 0 Å². The number of aromatic nitrogens is 2. The summed E-state index contributed by atoms with van der Waals surface area (Å²) in [5.41, 5.74) is 1.45. The molecule has 0 spiro atoms. The normalized spacial score (nSPS) is 10.7. The molecule has 0 atom stereocenters. The van der Waals surface area contributed by atoms with E-state index in [1.807, 2.05) is 19.9 Å². The Hall–Kier alpha value is -1.66. The van der Waals surface area contributed by atoms with Gasteiger partial charge in [0.2, 0.25) is 5.01 Å². The molecule has 0 saturated carbocycles. The van der Waals surface area contributed by atoms with Gasteiger partial charge in [0.1, 0.15) is 5.01 Å². The second kappa shape index (κ2) is 6.19. The number of amides is 1. The van der Waals surface area contributed by atoms with E-state index in [0.717, 1.165) is 10.7 Å². The van der Waals surface area contributed by atoms with Gasteiger partial charge in [-0.1, -0.05) is 22.9 Å². The Morgan fingerprint density at radius 2 is 2.05 bits per heavy atom. The van der Waals surface area contributed by atoms with Crippen molar-refractivity contribution in [3.8, 4) is 0 Å². The lowest BCUT2D eigenvalue weighted by atomic mass is 10.2. The van der Waals surface area contributed by atoms with Crippen LogP contribution >= 0.6 is 22.9 Å². The lowest BCUT2D eigenvalue weighted by Crippen LogP contribution is -2.16. The Bertz CT molecular complexity index is 627. The van der Waals surface area contributed by atoms with Crippen LogP contribution in [0.1, 0.15) is 28.7 Å². The first-order valence-corrected chi connectivity index (χ1v) is 7.32. The third-order valence-corrected chi connectivity index (χ3v) is 3.47. The number of hydrogen-bond acceptors (Lipinski definition) is 5. The van der Waals surface area contributed by atoms with Gasteiger partial charge in [-0.15, -0.1) is 10.2 Å². The number of carbonyl (C=O) groups is 1. The summed E-state index contributed by atoms with van der Waals surface area (Å²) in [4.78, 5) is 12.1. The first kappa shape index (κ1) is 14.7. The van der Waals surface area contributed by atoms with E-state index in [1.165, 1.54) is 11.3 Å². The van der Waals surface area contributed by atoms with Gasteiger partial charge >= 0.3 is 0 Å². The highest BCUT2D eigenvalue weighted by atomic mass is 35.5. The molecule has 5 nitrogen and oxygen atoms in total. The first-order valence-electron chi connectivity index (χ1n) is 6.13. The molecule has 7 heteroatoms. The molecular weight excluding hydrogens is 296 g/mol. The molecule has 1 amide bonds. The summed E-state index contributed by atoms with van der Waals surface area (Å²) in [5.74, 6) is -0.287. The van der Waals surface area contributed by atoms with E-state index >= 15 is 0 Å². The van der Waals surface area contributed by atoms with E-state index in [2.05, 4.69) is 20.8 Å². The third kappa shape index (κ3) is 3.68. The Balaban J connectivity index is 2.23. The van der Waals surface area contributed by atoms with Gasteiger partial charge in [0.25, 0.3) is 5.91 Å². The first-order chi connectivity index (χ1) is 9.45. The third-order valence-electron chi connectivity index (χ3n) is 2.39. The number of rotatable bonds is 4. The van der Waals surface area contributed by atoms with Crippen LogP contribution in [0.5, 0.6) is 0 Å². The van der Waals surface area contributed by atoms with E-state index in [4.69, 9.17) is 11.6 Å².